The first-order valence-corrected chi connectivity index (χ1v) is 12.0. The van der Waals surface area contributed by atoms with E-state index in [4.69, 9.17) is 9.29 Å². The summed E-state index contributed by atoms with van der Waals surface area (Å²) >= 11 is 0. The molecule has 2 aromatic rings. The number of aliphatic hydroxyl groups is 1. The van der Waals surface area contributed by atoms with Gasteiger partial charge in [-0.1, -0.05) is 67.6 Å². The van der Waals surface area contributed by atoms with Crippen molar-refractivity contribution < 1.29 is 22.8 Å². The van der Waals surface area contributed by atoms with E-state index >= 15 is 0 Å². The Hall–Kier alpha value is -1.77. The molecule has 2 aromatic carbocycles. The molecule has 166 valence electrons. The van der Waals surface area contributed by atoms with Crippen LogP contribution in [0, 0.1) is 5.92 Å². The number of ether oxygens (including phenoxy) is 1. The highest BCUT2D eigenvalue weighted by Crippen LogP contribution is 2.37. The Bertz CT molecular complexity index is 815. The van der Waals surface area contributed by atoms with Crippen molar-refractivity contribution in [3.8, 4) is 0 Å². The van der Waals surface area contributed by atoms with E-state index in [9.17, 15) is 13.5 Å². The van der Waals surface area contributed by atoms with E-state index in [1.165, 1.54) is 0 Å². The SMILES string of the molecule is CC1COCC(C)N1CC(C)C(O)(c1ccccc1)c1ccccc1.CS(=O)(=O)O. The molecule has 0 bridgehead atoms. The molecule has 1 saturated heterocycles. The summed E-state index contributed by atoms with van der Waals surface area (Å²) in [6.45, 7) is 8.89. The van der Waals surface area contributed by atoms with Gasteiger partial charge in [-0.2, -0.15) is 8.42 Å². The van der Waals surface area contributed by atoms with Crippen LogP contribution in [-0.2, 0) is 20.5 Å². The number of benzene rings is 2. The van der Waals surface area contributed by atoms with Crippen molar-refractivity contribution in [2.75, 3.05) is 26.0 Å². The highest BCUT2D eigenvalue weighted by molar-refractivity contribution is 7.85. The van der Waals surface area contributed by atoms with Crippen molar-refractivity contribution in [3.63, 3.8) is 0 Å². The molecule has 3 atom stereocenters. The zero-order valence-corrected chi connectivity index (χ0v) is 18.9. The van der Waals surface area contributed by atoms with Crippen molar-refractivity contribution in [2.45, 2.75) is 38.5 Å². The fourth-order valence-electron chi connectivity index (χ4n) is 3.96. The molecule has 6 nitrogen and oxygen atoms in total. The third-order valence-electron chi connectivity index (χ3n) is 5.48. The highest BCUT2D eigenvalue weighted by Gasteiger charge is 2.40. The standard InChI is InChI=1S/C22H29NO2.CH4O3S/c1-17(14-23-18(2)15-25-16-19(23)3)22(24,20-10-6-4-7-11-20)21-12-8-5-9-13-21;1-5(2,3)4/h4-13,17-19,24H,14-16H2,1-3H3;1H3,(H,2,3,4). The number of nitrogens with zero attached hydrogens (tertiary/aromatic N) is 1. The molecule has 0 spiro atoms. The lowest BCUT2D eigenvalue weighted by Crippen LogP contribution is -2.53. The number of hydrogen-bond acceptors (Lipinski definition) is 5. The van der Waals surface area contributed by atoms with Gasteiger partial charge in [-0.3, -0.25) is 9.45 Å². The Labute approximate surface area is 180 Å². The van der Waals surface area contributed by atoms with Gasteiger partial charge in [-0.25, -0.2) is 0 Å². The van der Waals surface area contributed by atoms with Gasteiger partial charge in [0, 0.05) is 24.5 Å². The van der Waals surface area contributed by atoms with Crippen LogP contribution >= 0.6 is 0 Å². The van der Waals surface area contributed by atoms with Crippen LogP contribution in [0.4, 0.5) is 0 Å². The first-order chi connectivity index (χ1) is 14.0. The molecule has 1 fully saturated rings. The van der Waals surface area contributed by atoms with Crippen molar-refractivity contribution >= 4 is 10.1 Å². The molecule has 3 rings (SSSR count). The summed E-state index contributed by atoms with van der Waals surface area (Å²) in [4.78, 5) is 2.46. The molecular weight excluding hydrogens is 402 g/mol. The molecule has 1 heterocycles. The predicted octanol–water partition coefficient (Wildman–Crippen LogP) is 3.17. The summed E-state index contributed by atoms with van der Waals surface area (Å²) in [5, 5.41) is 11.9. The number of hydrogen-bond donors (Lipinski definition) is 2. The highest BCUT2D eigenvalue weighted by atomic mass is 32.2. The van der Waals surface area contributed by atoms with Gasteiger partial charge in [0.2, 0.25) is 0 Å². The normalized spacial score (nSPS) is 21.4. The molecular formula is C23H33NO5S. The molecule has 2 N–H and O–H groups in total. The smallest absolute Gasteiger partial charge is 0.261 e. The maximum atomic E-state index is 11.9. The Morgan fingerprint density at radius 1 is 1.00 bits per heavy atom. The Balaban J connectivity index is 0.000000575. The summed E-state index contributed by atoms with van der Waals surface area (Å²) in [5.74, 6) is 0.0419. The molecule has 30 heavy (non-hydrogen) atoms. The van der Waals surface area contributed by atoms with Gasteiger partial charge in [0.1, 0.15) is 5.60 Å². The van der Waals surface area contributed by atoms with Crippen LogP contribution < -0.4 is 0 Å². The average Bonchev–Trinajstić information content (AvgIpc) is 2.70. The van der Waals surface area contributed by atoms with Gasteiger partial charge >= 0.3 is 0 Å². The Morgan fingerprint density at radius 3 is 1.73 bits per heavy atom. The largest absolute Gasteiger partial charge is 0.380 e. The van der Waals surface area contributed by atoms with Crippen molar-refractivity contribution in [1.29, 1.82) is 0 Å². The average molecular weight is 436 g/mol. The zero-order valence-electron chi connectivity index (χ0n) is 18.1. The van der Waals surface area contributed by atoms with E-state index in [1.54, 1.807) is 0 Å². The van der Waals surface area contributed by atoms with E-state index in [0.29, 0.717) is 18.3 Å². The quantitative estimate of drug-likeness (QED) is 0.702. The van der Waals surface area contributed by atoms with E-state index < -0.39 is 15.7 Å². The minimum absolute atomic E-state index is 0.0419. The van der Waals surface area contributed by atoms with E-state index in [0.717, 1.165) is 30.9 Å². The van der Waals surface area contributed by atoms with E-state index in [-0.39, 0.29) is 5.92 Å². The van der Waals surface area contributed by atoms with E-state index in [1.807, 2.05) is 60.7 Å². The molecule has 1 aliphatic heterocycles. The third-order valence-corrected chi connectivity index (χ3v) is 5.48. The molecule has 3 unspecified atom stereocenters. The fourth-order valence-corrected chi connectivity index (χ4v) is 3.96. The topological polar surface area (TPSA) is 87.1 Å². The zero-order chi connectivity index (χ0) is 22.4. The monoisotopic (exact) mass is 435 g/mol. The number of rotatable bonds is 5. The van der Waals surface area contributed by atoms with E-state index in [2.05, 4.69) is 25.7 Å². The second-order valence-corrected chi connectivity index (χ2v) is 9.53. The van der Waals surface area contributed by atoms with Crippen LogP contribution in [0.25, 0.3) is 0 Å². The molecule has 7 heteroatoms. The molecule has 0 saturated carbocycles. The minimum atomic E-state index is -3.67. The van der Waals surface area contributed by atoms with Crippen LogP contribution in [0.2, 0.25) is 0 Å². The molecule has 1 aliphatic rings. The Kier molecular flexibility index (Phi) is 8.58. The van der Waals surface area contributed by atoms with Gasteiger partial charge in [0.25, 0.3) is 10.1 Å². The van der Waals surface area contributed by atoms with Crippen molar-refractivity contribution in [2.24, 2.45) is 5.92 Å². The molecule has 0 aliphatic carbocycles. The Morgan fingerprint density at radius 2 is 1.37 bits per heavy atom. The lowest BCUT2D eigenvalue weighted by atomic mass is 9.76. The molecule has 0 radical (unpaired) electrons. The van der Waals surface area contributed by atoms with Crippen molar-refractivity contribution in [3.05, 3.63) is 71.8 Å². The second kappa shape index (κ2) is 10.5. The summed E-state index contributed by atoms with van der Waals surface area (Å²) in [6, 6.07) is 20.8. The van der Waals surface area contributed by atoms with Gasteiger partial charge in [0.15, 0.2) is 0 Å². The van der Waals surface area contributed by atoms with Gasteiger partial charge < -0.3 is 9.84 Å². The third kappa shape index (κ3) is 6.62. The van der Waals surface area contributed by atoms with Crippen LogP contribution in [0.5, 0.6) is 0 Å². The maximum Gasteiger partial charge on any atom is 0.261 e. The second-order valence-electron chi connectivity index (χ2n) is 8.06. The first kappa shape index (κ1) is 24.5. The van der Waals surface area contributed by atoms with Gasteiger partial charge in [-0.05, 0) is 25.0 Å². The van der Waals surface area contributed by atoms with Gasteiger partial charge in [0.05, 0.1) is 19.5 Å². The predicted molar refractivity (Wildman–Crippen MR) is 119 cm³/mol. The maximum absolute atomic E-state index is 11.9. The summed E-state index contributed by atoms with van der Waals surface area (Å²) in [5.41, 5.74) is 0.879. The minimum Gasteiger partial charge on any atom is -0.380 e. The van der Waals surface area contributed by atoms with Crippen LogP contribution in [0.15, 0.2) is 60.7 Å². The summed E-state index contributed by atoms with van der Waals surface area (Å²) < 4.78 is 31.5. The molecule has 0 amide bonds. The number of morpholine rings is 1. The fraction of sp³-hybridized carbons (Fsp3) is 0.478. The first-order valence-electron chi connectivity index (χ1n) is 10.1. The van der Waals surface area contributed by atoms with Gasteiger partial charge in [-0.15, -0.1) is 0 Å². The lowest BCUT2D eigenvalue weighted by Gasteiger charge is -2.44. The summed E-state index contributed by atoms with van der Waals surface area (Å²) in [6.07, 6.45) is 0.715. The van der Waals surface area contributed by atoms with Crippen molar-refractivity contribution in [1.82, 2.24) is 4.90 Å². The van der Waals surface area contributed by atoms with Crippen LogP contribution in [0.3, 0.4) is 0 Å². The van der Waals surface area contributed by atoms with Crippen LogP contribution in [-0.4, -0.2) is 61.1 Å². The summed E-state index contributed by atoms with van der Waals surface area (Å²) in [7, 11) is -3.67. The van der Waals surface area contributed by atoms with Crippen LogP contribution in [0.1, 0.15) is 31.9 Å². The molecule has 0 aromatic heterocycles. The lowest BCUT2D eigenvalue weighted by molar-refractivity contribution is -0.0648.